The van der Waals surface area contributed by atoms with Crippen LogP contribution in [0.5, 0.6) is 0 Å². The molecule has 0 bridgehead atoms. The van der Waals surface area contributed by atoms with Gasteiger partial charge < -0.3 is 5.11 Å². The molecule has 29 heavy (non-hydrogen) atoms. The molecule has 0 aliphatic carbocycles. The fourth-order valence-electron chi connectivity index (χ4n) is 3.25. The van der Waals surface area contributed by atoms with E-state index in [-0.39, 0.29) is 17.0 Å². The lowest BCUT2D eigenvalue weighted by atomic mass is 9.96. The largest absolute Gasteiger partial charge is 0.382 e. The number of imidazole rings is 1. The number of carbonyl (C=O) groups excluding carboxylic acids is 1. The molecule has 0 aliphatic rings. The molecule has 1 unspecified atom stereocenters. The Kier molecular flexibility index (Phi) is 4.72. The van der Waals surface area contributed by atoms with Crippen molar-refractivity contribution in [3.05, 3.63) is 95.8 Å². The molecule has 1 atom stereocenters. The number of aliphatic hydroxyl groups excluding tert-OH is 1. The number of carbonyl (C=O) groups is 1. The van der Waals surface area contributed by atoms with E-state index in [1.807, 2.05) is 19.1 Å². The van der Waals surface area contributed by atoms with Crippen molar-refractivity contribution >= 4 is 11.4 Å². The van der Waals surface area contributed by atoms with E-state index in [0.29, 0.717) is 11.2 Å². The zero-order chi connectivity index (χ0) is 20.6. The topological polar surface area (TPSA) is 54.6 Å². The van der Waals surface area contributed by atoms with Crippen LogP contribution in [-0.4, -0.2) is 26.2 Å². The lowest BCUT2D eigenvalue weighted by Gasteiger charge is -2.22. The van der Waals surface area contributed by atoms with E-state index in [1.165, 1.54) is 34.9 Å². The van der Waals surface area contributed by atoms with Crippen LogP contribution in [0.1, 0.15) is 27.7 Å². The molecule has 0 aliphatic heterocycles. The Labute approximate surface area is 166 Å². The van der Waals surface area contributed by atoms with Crippen LogP contribution in [0.25, 0.3) is 16.9 Å². The highest BCUT2D eigenvalue weighted by Crippen LogP contribution is 2.37. The highest BCUT2D eigenvalue weighted by Gasteiger charge is 2.49. The molecule has 2 heterocycles. The minimum atomic E-state index is -4.04. The van der Waals surface area contributed by atoms with Crippen LogP contribution in [0.4, 0.5) is 8.78 Å². The van der Waals surface area contributed by atoms with Gasteiger partial charge >= 0.3 is 5.92 Å². The number of nitrogens with zero attached hydrogens (tertiary/aromatic N) is 2. The minimum Gasteiger partial charge on any atom is -0.382 e. The van der Waals surface area contributed by atoms with Crippen molar-refractivity contribution in [1.82, 2.24) is 9.38 Å². The van der Waals surface area contributed by atoms with Gasteiger partial charge in [0.15, 0.2) is 6.10 Å². The second-order valence-electron chi connectivity index (χ2n) is 6.87. The number of aliphatic hydroxyl groups is 1. The summed E-state index contributed by atoms with van der Waals surface area (Å²) in [5, 5.41) is 10.3. The average Bonchev–Trinajstić information content (AvgIpc) is 3.13. The van der Waals surface area contributed by atoms with Gasteiger partial charge in [-0.1, -0.05) is 66.2 Å². The summed E-state index contributed by atoms with van der Waals surface area (Å²) in [4.78, 5) is 17.5. The maximum atomic E-state index is 15.1. The Balaban J connectivity index is 1.87. The second-order valence-corrected chi connectivity index (χ2v) is 6.87. The lowest BCUT2D eigenvalue weighted by Crippen LogP contribution is -2.37. The van der Waals surface area contributed by atoms with Gasteiger partial charge in [-0.15, -0.1) is 0 Å². The Bertz CT molecular complexity index is 1170. The van der Waals surface area contributed by atoms with Gasteiger partial charge in [0.1, 0.15) is 17.0 Å². The highest BCUT2D eigenvalue weighted by atomic mass is 19.3. The predicted molar refractivity (Wildman–Crippen MR) is 106 cm³/mol. The van der Waals surface area contributed by atoms with Crippen LogP contribution in [0.2, 0.25) is 0 Å². The highest BCUT2D eigenvalue weighted by molar-refractivity contribution is 6.05. The third kappa shape index (κ3) is 3.32. The molecule has 0 spiro atoms. The zero-order valence-electron chi connectivity index (χ0n) is 15.6. The van der Waals surface area contributed by atoms with Crippen molar-refractivity contribution < 1.29 is 18.7 Å². The van der Waals surface area contributed by atoms with Gasteiger partial charge in [-0.2, -0.15) is 8.78 Å². The van der Waals surface area contributed by atoms with E-state index in [4.69, 9.17) is 0 Å². The number of aryl methyl sites for hydroxylation is 1. The van der Waals surface area contributed by atoms with E-state index < -0.39 is 17.8 Å². The van der Waals surface area contributed by atoms with Crippen LogP contribution in [0.3, 0.4) is 0 Å². The van der Waals surface area contributed by atoms with E-state index >= 15 is 8.78 Å². The van der Waals surface area contributed by atoms with Crippen molar-refractivity contribution in [1.29, 1.82) is 0 Å². The first-order valence-electron chi connectivity index (χ1n) is 9.09. The van der Waals surface area contributed by atoms with Gasteiger partial charge in [-0.25, -0.2) is 4.98 Å². The molecule has 2 aromatic heterocycles. The summed E-state index contributed by atoms with van der Waals surface area (Å²) < 4.78 is 31.6. The van der Waals surface area contributed by atoms with E-state index in [9.17, 15) is 9.90 Å². The minimum absolute atomic E-state index is 0.0310. The van der Waals surface area contributed by atoms with Crippen LogP contribution in [0.15, 0.2) is 79.0 Å². The number of aromatic nitrogens is 2. The molecule has 4 rings (SSSR count). The lowest BCUT2D eigenvalue weighted by molar-refractivity contribution is -0.0795. The summed E-state index contributed by atoms with van der Waals surface area (Å²) in [5.41, 5.74) is 1.78. The van der Waals surface area contributed by atoms with Crippen molar-refractivity contribution in [2.75, 3.05) is 0 Å². The zero-order valence-corrected chi connectivity index (χ0v) is 15.6. The van der Waals surface area contributed by atoms with E-state index in [2.05, 4.69) is 4.98 Å². The Morgan fingerprint density at radius 3 is 2.34 bits per heavy atom. The predicted octanol–water partition coefficient (Wildman–Crippen LogP) is 4.86. The van der Waals surface area contributed by atoms with Crippen LogP contribution in [-0.2, 0) is 0 Å². The summed E-state index contributed by atoms with van der Waals surface area (Å²) in [6.07, 6.45) is -0.755. The molecule has 2 aromatic carbocycles. The molecule has 1 N–H and O–H groups in total. The molecular formula is C23H18F2N2O2. The third-order valence-electron chi connectivity index (χ3n) is 4.83. The number of hydrogen-bond acceptors (Lipinski definition) is 3. The van der Waals surface area contributed by atoms with E-state index in [0.717, 1.165) is 5.56 Å². The van der Waals surface area contributed by atoms with Gasteiger partial charge in [0, 0.05) is 11.8 Å². The Morgan fingerprint density at radius 1 is 1.00 bits per heavy atom. The van der Waals surface area contributed by atoms with Crippen molar-refractivity contribution in [2.45, 2.75) is 19.0 Å². The quantitative estimate of drug-likeness (QED) is 0.494. The number of hydrogen-bond donors (Lipinski definition) is 1. The maximum absolute atomic E-state index is 15.1. The molecule has 0 fully saturated rings. The van der Waals surface area contributed by atoms with Gasteiger partial charge in [0.2, 0.25) is 0 Å². The summed E-state index contributed by atoms with van der Waals surface area (Å²) >= 11 is 0. The van der Waals surface area contributed by atoms with Crippen molar-refractivity contribution in [3.8, 4) is 11.3 Å². The number of fused-ring (bicyclic) bond motifs is 1. The monoisotopic (exact) mass is 392 g/mol. The van der Waals surface area contributed by atoms with Crippen LogP contribution < -0.4 is 0 Å². The molecule has 146 valence electrons. The van der Waals surface area contributed by atoms with Crippen molar-refractivity contribution in [2.24, 2.45) is 0 Å². The summed E-state index contributed by atoms with van der Waals surface area (Å²) in [7, 11) is 0. The fourth-order valence-corrected chi connectivity index (χ4v) is 3.25. The SMILES string of the molecule is Cc1ccc(-c2nc3ccccn3c2C(=O)C(F)(F)C(O)c2ccccc2)cc1. The summed E-state index contributed by atoms with van der Waals surface area (Å²) in [6.45, 7) is 1.91. The smallest absolute Gasteiger partial charge is 0.340 e. The number of benzene rings is 2. The van der Waals surface area contributed by atoms with Gasteiger partial charge in [0.05, 0.1) is 0 Å². The first-order chi connectivity index (χ1) is 13.9. The Hall–Kier alpha value is -3.38. The molecule has 6 heteroatoms. The number of Topliss-reactive ketones (excluding diaryl/α,β-unsaturated/α-hetero) is 1. The molecular weight excluding hydrogens is 374 g/mol. The van der Waals surface area contributed by atoms with Crippen LogP contribution >= 0.6 is 0 Å². The maximum Gasteiger partial charge on any atom is 0.340 e. The molecule has 4 nitrogen and oxygen atoms in total. The van der Waals surface area contributed by atoms with Crippen LogP contribution in [0, 0.1) is 6.92 Å². The number of pyridine rings is 1. The van der Waals surface area contributed by atoms with Gasteiger partial charge in [-0.3, -0.25) is 9.20 Å². The molecule has 0 amide bonds. The Morgan fingerprint density at radius 2 is 1.66 bits per heavy atom. The van der Waals surface area contributed by atoms with Gasteiger partial charge in [0.25, 0.3) is 5.78 Å². The first kappa shape index (κ1) is 19.0. The first-order valence-corrected chi connectivity index (χ1v) is 9.09. The van der Waals surface area contributed by atoms with Gasteiger partial charge in [-0.05, 0) is 24.6 Å². The fraction of sp³-hybridized carbons (Fsp3) is 0.130. The molecule has 0 saturated carbocycles. The number of halogens is 2. The second kappa shape index (κ2) is 7.22. The average molecular weight is 392 g/mol. The van der Waals surface area contributed by atoms with Crippen molar-refractivity contribution in [3.63, 3.8) is 0 Å². The number of rotatable bonds is 5. The summed E-state index contributed by atoms with van der Waals surface area (Å²) in [5.74, 6) is -5.52. The van der Waals surface area contributed by atoms with E-state index in [1.54, 1.807) is 36.4 Å². The molecule has 4 aromatic rings. The number of alkyl halides is 2. The molecule has 0 saturated heterocycles. The molecule has 0 radical (unpaired) electrons. The number of ketones is 1. The normalized spacial score (nSPS) is 12.8. The summed E-state index contributed by atoms with van der Waals surface area (Å²) in [6, 6.07) is 19.5. The standard InChI is InChI=1S/C23H18F2N2O2/c1-15-10-12-16(13-11-15)19-20(27-14-6-5-9-18(27)26-19)22(29)23(24,25)21(28)17-7-3-2-4-8-17/h2-14,21,28H,1H3. The third-order valence-corrected chi connectivity index (χ3v) is 4.83.